The number of carboxylic acid groups (broad SMARTS) is 2. The van der Waals surface area contributed by atoms with Gasteiger partial charge in [0.1, 0.15) is 0 Å². The summed E-state index contributed by atoms with van der Waals surface area (Å²) >= 11 is 0. The molecule has 1 unspecified atom stereocenters. The Labute approximate surface area is 115 Å². The molecule has 1 aliphatic carbocycles. The van der Waals surface area contributed by atoms with Crippen molar-refractivity contribution in [1.29, 1.82) is 0 Å². The van der Waals surface area contributed by atoms with E-state index in [0.717, 1.165) is 25.7 Å². The average Bonchev–Trinajstić information content (AvgIpc) is 2.89. The van der Waals surface area contributed by atoms with E-state index in [0.29, 0.717) is 19.3 Å². The molecule has 1 saturated carbocycles. The summed E-state index contributed by atoms with van der Waals surface area (Å²) < 4.78 is 0. The van der Waals surface area contributed by atoms with E-state index in [4.69, 9.17) is 0 Å². The molecule has 0 aromatic rings. The van der Waals surface area contributed by atoms with Crippen LogP contribution in [0.1, 0.15) is 65.7 Å². The van der Waals surface area contributed by atoms with Crippen molar-refractivity contribution in [3.63, 3.8) is 0 Å². The fourth-order valence-electron chi connectivity index (χ4n) is 4.34. The highest BCUT2D eigenvalue weighted by molar-refractivity contribution is 5.87. The van der Waals surface area contributed by atoms with Crippen molar-refractivity contribution in [3.05, 3.63) is 0 Å². The molecule has 19 heavy (non-hydrogen) atoms. The Balaban J connectivity index is 3.42. The molecule has 1 fully saturated rings. The molecule has 0 spiro atoms. The molecule has 1 rings (SSSR count). The van der Waals surface area contributed by atoms with E-state index in [1.54, 1.807) is 13.8 Å². The molecular weight excluding hydrogens is 244 g/mol. The molecule has 1 atom stereocenters. The van der Waals surface area contributed by atoms with Gasteiger partial charge in [0.05, 0.1) is 10.8 Å². The van der Waals surface area contributed by atoms with Crippen LogP contribution in [0.25, 0.3) is 0 Å². The summed E-state index contributed by atoms with van der Waals surface area (Å²) in [7, 11) is 0. The molecule has 0 amide bonds. The fourth-order valence-corrected chi connectivity index (χ4v) is 4.34. The first-order valence-corrected chi connectivity index (χ1v) is 7.39. The van der Waals surface area contributed by atoms with Gasteiger partial charge in [0.15, 0.2) is 0 Å². The molecule has 0 radical (unpaired) electrons. The molecular formula is C15H26O4. The van der Waals surface area contributed by atoms with Crippen LogP contribution in [0.5, 0.6) is 0 Å². The van der Waals surface area contributed by atoms with Crippen LogP contribution in [0.15, 0.2) is 0 Å². The first kappa shape index (κ1) is 16.0. The summed E-state index contributed by atoms with van der Waals surface area (Å²) in [5.74, 6) is -1.88. The molecule has 4 nitrogen and oxygen atoms in total. The van der Waals surface area contributed by atoms with Crippen molar-refractivity contribution in [2.45, 2.75) is 65.7 Å². The largest absolute Gasteiger partial charge is 0.481 e. The maximum Gasteiger partial charge on any atom is 0.311 e. The Kier molecular flexibility index (Phi) is 4.99. The maximum atomic E-state index is 12.0. The van der Waals surface area contributed by atoms with Crippen LogP contribution in [0.4, 0.5) is 0 Å². The van der Waals surface area contributed by atoms with E-state index < -0.39 is 22.8 Å². The zero-order valence-electron chi connectivity index (χ0n) is 12.2. The second-order valence-corrected chi connectivity index (χ2v) is 5.71. The van der Waals surface area contributed by atoms with Gasteiger partial charge in [0.2, 0.25) is 0 Å². The average molecular weight is 270 g/mol. The molecule has 2 N–H and O–H groups in total. The SMILES string of the molecule is CCC(CC)(C(=O)O)C(CC)(C(=O)O)C1CCCC1. The minimum absolute atomic E-state index is 0.00833. The number of carboxylic acids is 2. The van der Waals surface area contributed by atoms with E-state index in [9.17, 15) is 19.8 Å². The lowest BCUT2D eigenvalue weighted by Gasteiger charge is -2.47. The number of hydrogen-bond donors (Lipinski definition) is 2. The lowest BCUT2D eigenvalue weighted by molar-refractivity contribution is -0.183. The number of rotatable bonds is 7. The van der Waals surface area contributed by atoms with Gasteiger partial charge in [-0.1, -0.05) is 33.6 Å². The Hall–Kier alpha value is -1.06. The molecule has 0 heterocycles. The third-order valence-electron chi connectivity index (χ3n) is 5.46. The molecule has 4 heteroatoms. The summed E-state index contributed by atoms with van der Waals surface area (Å²) in [6, 6.07) is 0. The fraction of sp³-hybridized carbons (Fsp3) is 0.867. The monoisotopic (exact) mass is 270 g/mol. The quantitative estimate of drug-likeness (QED) is 0.742. The highest BCUT2D eigenvalue weighted by Gasteiger charge is 2.62. The summed E-state index contributed by atoms with van der Waals surface area (Å²) in [6.45, 7) is 5.44. The van der Waals surface area contributed by atoms with Crippen molar-refractivity contribution in [1.82, 2.24) is 0 Å². The molecule has 110 valence electrons. The maximum absolute atomic E-state index is 12.0. The van der Waals surface area contributed by atoms with E-state index in [1.807, 2.05) is 6.92 Å². The standard InChI is InChI=1S/C15H26O4/c1-4-14(5-2,12(16)17)15(6-3,13(18)19)11-9-7-8-10-11/h11H,4-10H2,1-3H3,(H,16,17)(H,18,19). The molecule has 0 aromatic heterocycles. The Morgan fingerprint density at radius 1 is 0.947 bits per heavy atom. The third kappa shape index (κ3) is 2.15. The molecule has 0 saturated heterocycles. The lowest BCUT2D eigenvalue weighted by atomic mass is 9.53. The van der Waals surface area contributed by atoms with Crippen LogP contribution in [0, 0.1) is 16.7 Å². The highest BCUT2D eigenvalue weighted by Crippen LogP contribution is 2.57. The second-order valence-electron chi connectivity index (χ2n) is 5.71. The third-order valence-corrected chi connectivity index (χ3v) is 5.46. The van der Waals surface area contributed by atoms with Gasteiger partial charge < -0.3 is 10.2 Å². The van der Waals surface area contributed by atoms with E-state index in [1.165, 1.54) is 0 Å². The smallest absolute Gasteiger partial charge is 0.311 e. The van der Waals surface area contributed by atoms with Gasteiger partial charge in [-0.2, -0.15) is 0 Å². The van der Waals surface area contributed by atoms with E-state index in [-0.39, 0.29) is 5.92 Å². The van der Waals surface area contributed by atoms with Gasteiger partial charge in [0.25, 0.3) is 0 Å². The molecule has 1 aliphatic rings. The zero-order valence-corrected chi connectivity index (χ0v) is 12.2. The number of carbonyl (C=O) groups is 2. The van der Waals surface area contributed by atoms with Crippen LogP contribution in [-0.2, 0) is 9.59 Å². The highest BCUT2D eigenvalue weighted by atomic mass is 16.4. The van der Waals surface area contributed by atoms with Crippen molar-refractivity contribution < 1.29 is 19.8 Å². The van der Waals surface area contributed by atoms with Gasteiger partial charge in [0, 0.05) is 0 Å². The van der Waals surface area contributed by atoms with Gasteiger partial charge in [-0.3, -0.25) is 9.59 Å². The van der Waals surface area contributed by atoms with Crippen LogP contribution >= 0.6 is 0 Å². The van der Waals surface area contributed by atoms with Crippen molar-refractivity contribution in [2.75, 3.05) is 0 Å². The van der Waals surface area contributed by atoms with Gasteiger partial charge in [-0.15, -0.1) is 0 Å². The van der Waals surface area contributed by atoms with Gasteiger partial charge >= 0.3 is 11.9 Å². The summed E-state index contributed by atoms with van der Waals surface area (Å²) in [5, 5.41) is 19.6. The van der Waals surface area contributed by atoms with Crippen LogP contribution < -0.4 is 0 Å². The first-order chi connectivity index (χ1) is 8.92. The summed E-state index contributed by atoms with van der Waals surface area (Å²) in [4.78, 5) is 23.9. The Bertz CT molecular complexity index is 340. The zero-order chi connectivity index (χ0) is 14.7. The molecule has 0 aromatic carbocycles. The molecule has 0 aliphatic heterocycles. The van der Waals surface area contributed by atoms with Crippen LogP contribution in [-0.4, -0.2) is 22.2 Å². The van der Waals surface area contributed by atoms with Crippen LogP contribution in [0.3, 0.4) is 0 Å². The summed E-state index contributed by atoms with van der Waals surface area (Å²) in [5.41, 5.74) is -2.28. The van der Waals surface area contributed by atoms with Crippen molar-refractivity contribution >= 4 is 11.9 Å². The predicted octanol–water partition coefficient (Wildman–Crippen LogP) is 3.55. The Morgan fingerprint density at radius 2 is 1.42 bits per heavy atom. The lowest BCUT2D eigenvalue weighted by Crippen LogP contribution is -2.55. The Morgan fingerprint density at radius 3 is 1.68 bits per heavy atom. The van der Waals surface area contributed by atoms with Gasteiger partial charge in [-0.25, -0.2) is 0 Å². The first-order valence-electron chi connectivity index (χ1n) is 7.39. The van der Waals surface area contributed by atoms with E-state index >= 15 is 0 Å². The minimum atomic E-state index is -1.15. The van der Waals surface area contributed by atoms with E-state index in [2.05, 4.69) is 0 Å². The van der Waals surface area contributed by atoms with Crippen LogP contribution in [0.2, 0.25) is 0 Å². The predicted molar refractivity (Wildman–Crippen MR) is 73.0 cm³/mol. The molecule has 0 bridgehead atoms. The van der Waals surface area contributed by atoms with Gasteiger partial charge in [-0.05, 0) is 38.0 Å². The number of hydrogen-bond acceptors (Lipinski definition) is 2. The van der Waals surface area contributed by atoms with Crippen molar-refractivity contribution in [3.8, 4) is 0 Å². The second kappa shape index (κ2) is 5.93. The minimum Gasteiger partial charge on any atom is -0.481 e. The summed E-state index contributed by atoms with van der Waals surface area (Å²) in [6.07, 6.45) is 4.85. The van der Waals surface area contributed by atoms with Crippen molar-refractivity contribution in [2.24, 2.45) is 16.7 Å². The topological polar surface area (TPSA) is 74.6 Å². The number of aliphatic carboxylic acids is 2. The normalized spacial score (nSPS) is 20.2.